The van der Waals surface area contributed by atoms with E-state index in [1.165, 1.54) is 10.6 Å². The summed E-state index contributed by atoms with van der Waals surface area (Å²) in [6.45, 7) is 7.39. The van der Waals surface area contributed by atoms with Crippen molar-refractivity contribution in [2.45, 2.75) is 19.4 Å². The lowest BCUT2D eigenvalue weighted by molar-refractivity contribution is 0.566. The standard InChI is InChI=1S/C11H16NO2S/c1-11(2,3)12(15(4,13)14)10-8-6-5-7-9-10/h5-9H,1H2,2-4H3. The number of rotatable bonds is 3. The lowest BCUT2D eigenvalue weighted by Crippen LogP contribution is -2.45. The Morgan fingerprint density at radius 3 is 2.00 bits per heavy atom. The van der Waals surface area contributed by atoms with E-state index in [0.717, 1.165) is 0 Å². The molecule has 0 aliphatic carbocycles. The van der Waals surface area contributed by atoms with Crippen LogP contribution in [0, 0.1) is 6.92 Å². The van der Waals surface area contributed by atoms with E-state index in [1.807, 2.05) is 6.07 Å². The Morgan fingerprint density at radius 1 is 1.20 bits per heavy atom. The number of anilines is 1. The second kappa shape index (κ2) is 3.85. The molecule has 15 heavy (non-hydrogen) atoms. The SMILES string of the molecule is [CH2]C(C)(C)N(c1ccccc1)S(C)(=O)=O. The summed E-state index contributed by atoms with van der Waals surface area (Å²) >= 11 is 0. The average Bonchev–Trinajstić information content (AvgIpc) is 2.00. The predicted octanol–water partition coefficient (Wildman–Crippen LogP) is 2.07. The summed E-state index contributed by atoms with van der Waals surface area (Å²) in [5, 5.41) is 0. The lowest BCUT2D eigenvalue weighted by atomic mass is 10.1. The van der Waals surface area contributed by atoms with Crippen molar-refractivity contribution in [3.8, 4) is 0 Å². The molecule has 1 rings (SSSR count). The van der Waals surface area contributed by atoms with Crippen LogP contribution < -0.4 is 4.31 Å². The van der Waals surface area contributed by atoms with Gasteiger partial charge in [-0.3, -0.25) is 4.31 Å². The Hall–Kier alpha value is -1.03. The molecule has 83 valence electrons. The highest BCUT2D eigenvalue weighted by molar-refractivity contribution is 7.92. The maximum atomic E-state index is 11.7. The van der Waals surface area contributed by atoms with Crippen LogP contribution in [0.1, 0.15) is 13.8 Å². The number of hydrogen-bond donors (Lipinski definition) is 0. The van der Waals surface area contributed by atoms with E-state index in [4.69, 9.17) is 0 Å². The van der Waals surface area contributed by atoms with Crippen molar-refractivity contribution < 1.29 is 8.42 Å². The van der Waals surface area contributed by atoms with Crippen LogP contribution in [0.4, 0.5) is 5.69 Å². The molecular formula is C11H16NO2S. The van der Waals surface area contributed by atoms with Gasteiger partial charge in [0.2, 0.25) is 10.0 Å². The van der Waals surface area contributed by atoms with Gasteiger partial charge in [-0.25, -0.2) is 8.42 Å². The van der Waals surface area contributed by atoms with E-state index in [2.05, 4.69) is 6.92 Å². The Kier molecular flexibility index (Phi) is 3.09. The smallest absolute Gasteiger partial charge is 0.232 e. The van der Waals surface area contributed by atoms with Crippen LogP contribution in [0.25, 0.3) is 0 Å². The topological polar surface area (TPSA) is 37.4 Å². The highest BCUT2D eigenvalue weighted by Gasteiger charge is 2.29. The van der Waals surface area contributed by atoms with Crippen molar-refractivity contribution >= 4 is 15.7 Å². The monoisotopic (exact) mass is 226 g/mol. The van der Waals surface area contributed by atoms with Crippen molar-refractivity contribution in [2.75, 3.05) is 10.6 Å². The van der Waals surface area contributed by atoms with Gasteiger partial charge < -0.3 is 0 Å². The normalized spacial score (nSPS) is 12.5. The van der Waals surface area contributed by atoms with Gasteiger partial charge in [-0.1, -0.05) is 18.2 Å². The van der Waals surface area contributed by atoms with Gasteiger partial charge in [0.15, 0.2) is 0 Å². The molecule has 0 aliphatic heterocycles. The fraction of sp³-hybridized carbons (Fsp3) is 0.364. The number of para-hydroxylation sites is 1. The minimum Gasteiger partial charge on any atom is -0.265 e. The fourth-order valence-corrected chi connectivity index (χ4v) is 2.96. The molecule has 0 N–H and O–H groups in total. The molecule has 3 nitrogen and oxygen atoms in total. The highest BCUT2D eigenvalue weighted by Crippen LogP contribution is 2.25. The molecule has 0 spiro atoms. The number of benzene rings is 1. The van der Waals surface area contributed by atoms with Crippen molar-refractivity contribution in [2.24, 2.45) is 0 Å². The summed E-state index contributed by atoms with van der Waals surface area (Å²) < 4.78 is 24.6. The molecule has 0 bridgehead atoms. The maximum Gasteiger partial charge on any atom is 0.232 e. The molecule has 1 aromatic carbocycles. The van der Waals surface area contributed by atoms with Gasteiger partial charge in [0.05, 0.1) is 17.5 Å². The summed E-state index contributed by atoms with van der Waals surface area (Å²) in [5.41, 5.74) is -0.0606. The molecule has 0 saturated carbocycles. The van der Waals surface area contributed by atoms with Crippen molar-refractivity contribution in [3.63, 3.8) is 0 Å². The van der Waals surface area contributed by atoms with Crippen LogP contribution in [0.5, 0.6) is 0 Å². The number of nitrogens with zero attached hydrogens (tertiary/aromatic N) is 1. The lowest BCUT2D eigenvalue weighted by Gasteiger charge is -2.35. The molecule has 1 radical (unpaired) electrons. The predicted molar refractivity (Wildman–Crippen MR) is 63.2 cm³/mol. The third-order valence-corrected chi connectivity index (χ3v) is 3.24. The second-order valence-electron chi connectivity index (χ2n) is 4.18. The Balaban J connectivity index is 3.27. The first-order valence-electron chi connectivity index (χ1n) is 4.64. The van der Waals surface area contributed by atoms with Gasteiger partial charge in [-0.15, -0.1) is 0 Å². The molecule has 0 unspecified atom stereocenters. The van der Waals surface area contributed by atoms with Crippen molar-refractivity contribution in [3.05, 3.63) is 37.3 Å². The van der Waals surface area contributed by atoms with Crippen LogP contribution in [0.15, 0.2) is 30.3 Å². The summed E-state index contributed by atoms with van der Waals surface area (Å²) in [6, 6.07) is 8.97. The van der Waals surface area contributed by atoms with E-state index in [0.29, 0.717) is 5.69 Å². The Morgan fingerprint density at radius 2 is 1.67 bits per heavy atom. The van der Waals surface area contributed by atoms with Crippen molar-refractivity contribution in [1.82, 2.24) is 0 Å². The van der Waals surface area contributed by atoms with Crippen LogP contribution in [-0.4, -0.2) is 20.2 Å². The summed E-state index contributed by atoms with van der Waals surface area (Å²) in [4.78, 5) is 0. The summed E-state index contributed by atoms with van der Waals surface area (Å²) in [5.74, 6) is 0. The van der Waals surface area contributed by atoms with E-state index in [-0.39, 0.29) is 0 Å². The van der Waals surface area contributed by atoms with Gasteiger partial charge in [0.1, 0.15) is 0 Å². The minimum absolute atomic E-state index is 0.639. The van der Waals surface area contributed by atoms with E-state index in [1.54, 1.807) is 38.1 Å². The first-order chi connectivity index (χ1) is 6.73. The van der Waals surface area contributed by atoms with E-state index < -0.39 is 15.6 Å². The van der Waals surface area contributed by atoms with E-state index >= 15 is 0 Å². The fourth-order valence-electron chi connectivity index (χ4n) is 1.55. The first kappa shape index (κ1) is 12.0. The molecule has 0 amide bonds. The molecule has 1 aromatic rings. The summed E-state index contributed by atoms with van der Waals surface area (Å²) in [6.07, 6.45) is 1.19. The largest absolute Gasteiger partial charge is 0.265 e. The molecule has 0 aliphatic rings. The number of sulfonamides is 1. The van der Waals surface area contributed by atoms with Gasteiger partial charge >= 0.3 is 0 Å². The Bertz CT molecular complexity index is 418. The molecule has 0 saturated heterocycles. The number of hydrogen-bond acceptors (Lipinski definition) is 2. The van der Waals surface area contributed by atoms with Gasteiger partial charge in [0, 0.05) is 0 Å². The quantitative estimate of drug-likeness (QED) is 0.791. The van der Waals surface area contributed by atoms with Gasteiger partial charge in [-0.05, 0) is 32.9 Å². The van der Waals surface area contributed by atoms with Crippen LogP contribution >= 0.6 is 0 Å². The molecular weight excluding hydrogens is 210 g/mol. The summed E-state index contributed by atoms with van der Waals surface area (Å²) in [7, 11) is -3.30. The zero-order chi connectivity index (χ0) is 11.7. The van der Waals surface area contributed by atoms with Crippen LogP contribution in [0.3, 0.4) is 0 Å². The molecule has 0 aromatic heterocycles. The molecule has 0 fully saturated rings. The molecule has 0 heterocycles. The van der Waals surface area contributed by atoms with Crippen LogP contribution in [0.2, 0.25) is 0 Å². The van der Waals surface area contributed by atoms with Gasteiger partial charge in [0.25, 0.3) is 0 Å². The minimum atomic E-state index is -3.30. The highest BCUT2D eigenvalue weighted by atomic mass is 32.2. The average molecular weight is 226 g/mol. The zero-order valence-corrected chi connectivity index (χ0v) is 10.1. The van der Waals surface area contributed by atoms with Gasteiger partial charge in [-0.2, -0.15) is 0 Å². The third-order valence-electron chi connectivity index (χ3n) is 1.87. The third kappa shape index (κ3) is 2.96. The van der Waals surface area contributed by atoms with E-state index in [9.17, 15) is 8.42 Å². The Labute approximate surface area is 91.8 Å². The van der Waals surface area contributed by atoms with Crippen molar-refractivity contribution in [1.29, 1.82) is 0 Å². The molecule has 0 atom stereocenters. The van der Waals surface area contributed by atoms with Crippen LogP contribution in [-0.2, 0) is 10.0 Å². The maximum absolute atomic E-state index is 11.7. The molecule has 4 heteroatoms. The zero-order valence-electron chi connectivity index (χ0n) is 9.27. The second-order valence-corrected chi connectivity index (χ2v) is 6.01. The first-order valence-corrected chi connectivity index (χ1v) is 6.48.